The molecule has 0 aliphatic heterocycles. The lowest BCUT2D eigenvalue weighted by molar-refractivity contribution is 0.426. The lowest BCUT2D eigenvalue weighted by Gasteiger charge is -2.06. The maximum atomic E-state index is 9.13. The quantitative estimate of drug-likeness (QED) is 0.668. The summed E-state index contributed by atoms with van der Waals surface area (Å²) < 4.78 is 0. The predicted octanol–water partition coefficient (Wildman–Crippen LogP) is 0.492. The summed E-state index contributed by atoms with van der Waals surface area (Å²) in [6.07, 6.45) is 0. The largest absolute Gasteiger partial charge is 0.488 e. The van der Waals surface area contributed by atoms with Crippen LogP contribution >= 0.6 is 0 Å². The fourth-order valence-electron chi connectivity index (χ4n) is 1.76. The highest BCUT2D eigenvalue weighted by Crippen LogP contribution is 2.19. The van der Waals surface area contributed by atoms with Gasteiger partial charge in [-0.05, 0) is 28.2 Å². The highest BCUT2D eigenvalue weighted by Gasteiger charge is 2.11. The minimum absolute atomic E-state index is 0.487. The van der Waals surface area contributed by atoms with E-state index in [0.717, 1.165) is 16.7 Å². The van der Waals surface area contributed by atoms with Gasteiger partial charge in [0.05, 0.1) is 0 Å². The van der Waals surface area contributed by atoms with Gasteiger partial charge in [0.15, 0.2) is 0 Å². The molecule has 4 heteroatoms. The molecule has 86 valence electrons. The first-order valence-corrected chi connectivity index (χ1v) is 5.46. The smallest absolute Gasteiger partial charge is 0.423 e. The summed E-state index contributed by atoms with van der Waals surface area (Å²) in [5.41, 5.74) is 9.11. The van der Waals surface area contributed by atoms with Gasteiger partial charge < -0.3 is 15.8 Å². The van der Waals surface area contributed by atoms with E-state index in [9.17, 15) is 0 Å². The van der Waals surface area contributed by atoms with Crippen LogP contribution in [-0.4, -0.2) is 17.2 Å². The van der Waals surface area contributed by atoms with Gasteiger partial charge in [-0.15, -0.1) is 0 Å². The molecule has 0 bridgehead atoms. The normalized spacial score (nSPS) is 10.3. The van der Waals surface area contributed by atoms with Gasteiger partial charge in [0.2, 0.25) is 0 Å². The van der Waals surface area contributed by atoms with Crippen LogP contribution in [0.4, 0.5) is 0 Å². The Balaban J connectivity index is 2.41. The van der Waals surface area contributed by atoms with E-state index in [-0.39, 0.29) is 0 Å². The van der Waals surface area contributed by atoms with Crippen molar-refractivity contribution >= 4 is 12.6 Å². The van der Waals surface area contributed by atoms with Gasteiger partial charge >= 0.3 is 7.12 Å². The molecule has 0 spiro atoms. The lowest BCUT2D eigenvalue weighted by Crippen LogP contribution is -2.29. The van der Waals surface area contributed by atoms with Gasteiger partial charge in [-0.1, -0.05) is 42.5 Å². The Labute approximate surface area is 101 Å². The topological polar surface area (TPSA) is 66.5 Å². The lowest BCUT2D eigenvalue weighted by atomic mass is 9.79. The fraction of sp³-hybridized carbons (Fsp3) is 0.0769. The van der Waals surface area contributed by atoms with E-state index in [1.807, 2.05) is 30.3 Å². The molecule has 0 aliphatic carbocycles. The Kier molecular flexibility index (Phi) is 3.59. The standard InChI is InChI=1S/C13H14BNO2/c15-9-10-3-1-4-11(7-10)12-5-2-6-13(8-12)14(16)17/h1-8,16-17H,9,15H2. The van der Waals surface area contributed by atoms with Crippen LogP contribution in [0.25, 0.3) is 11.1 Å². The van der Waals surface area contributed by atoms with Crippen LogP contribution in [0, 0.1) is 0 Å². The average Bonchev–Trinajstić information content (AvgIpc) is 2.39. The first-order valence-electron chi connectivity index (χ1n) is 5.46. The predicted molar refractivity (Wildman–Crippen MR) is 69.6 cm³/mol. The molecule has 0 saturated carbocycles. The molecule has 2 aromatic rings. The van der Waals surface area contributed by atoms with Crippen molar-refractivity contribution in [3.05, 3.63) is 54.1 Å². The fourth-order valence-corrected chi connectivity index (χ4v) is 1.76. The maximum Gasteiger partial charge on any atom is 0.488 e. The Morgan fingerprint density at radius 3 is 2.24 bits per heavy atom. The highest BCUT2D eigenvalue weighted by atomic mass is 16.4. The van der Waals surface area contributed by atoms with Gasteiger partial charge in [0, 0.05) is 6.54 Å². The second-order valence-corrected chi connectivity index (χ2v) is 3.90. The molecule has 2 rings (SSSR count). The van der Waals surface area contributed by atoms with Gasteiger partial charge in [-0.2, -0.15) is 0 Å². The van der Waals surface area contributed by atoms with E-state index in [4.69, 9.17) is 15.8 Å². The van der Waals surface area contributed by atoms with Gasteiger partial charge in [0.1, 0.15) is 0 Å². The molecule has 0 unspecified atom stereocenters. The highest BCUT2D eigenvalue weighted by molar-refractivity contribution is 6.58. The Morgan fingerprint density at radius 2 is 1.59 bits per heavy atom. The van der Waals surface area contributed by atoms with Crippen molar-refractivity contribution in [1.82, 2.24) is 0 Å². The molecular formula is C13H14BNO2. The molecule has 0 aliphatic rings. The number of nitrogens with two attached hydrogens (primary N) is 1. The molecule has 4 N–H and O–H groups in total. The molecule has 0 aromatic heterocycles. The van der Waals surface area contributed by atoms with Crippen molar-refractivity contribution in [2.45, 2.75) is 6.54 Å². The molecule has 0 atom stereocenters. The van der Waals surface area contributed by atoms with Crippen molar-refractivity contribution < 1.29 is 10.0 Å². The Morgan fingerprint density at radius 1 is 0.941 bits per heavy atom. The molecule has 3 nitrogen and oxygen atoms in total. The SMILES string of the molecule is NCc1cccc(-c2cccc(B(O)O)c2)c1. The second kappa shape index (κ2) is 5.14. The zero-order valence-corrected chi connectivity index (χ0v) is 9.38. The zero-order chi connectivity index (χ0) is 12.3. The number of rotatable bonds is 3. The van der Waals surface area contributed by atoms with Gasteiger partial charge in [-0.25, -0.2) is 0 Å². The summed E-state index contributed by atoms with van der Waals surface area (Å²) in [6, 6.07) is 15.1. The minimum Gasteiger partial charge on any atom is -0.423 e. The monoisotopic (exact) mass is 227 g/mol. The Bertz CT molecular complexity index is 514. The molecular weight excluding hydrogens is 213 g/mol. The minimum atomic E-state index is -1.44. The first-order chi connectivity index (χ1) is 8.20. The van der Waals surface area contributed by atoms with E-state index in [1.54, 1.807) is 18.2 Å². The summed E-state index contributed by atoms with van der Waals surface area (Å²) in [6.45, 7) is 0.496. The van der Waals surface area contributed by atoms with E-state index in [0.29, 0.717) is 12.0 Å². The molecule has 0 fully saturated rings. The summed E-state index contributed by atoms with van der Waals surface area (Å²) >= 11 is 0. The second-order valence-electron chi connectivity index (χ2n) is 3.90. The van der Waals surface area contributed by atoms with Crippen LogP contribution in [0.2, 0.25) is 0 Å². The van der Waals surface area contributed by atoms with Crippen LogP contribution in [0.5, 0.6) is 0 Å². The third-order valence-corrected chi connectivity index (χ3v) is 2.68. The number of hydrogen-bond acceptors (Lipinski definition) is 3. The molecule has 0 radical (unpaired) electrons. The van der Waals surface area contributed by atoms with Crippen LogP contribution in [-0.2, 0) is 6.54 Å². The molecule has 0 heterocycles. The van der Waals surface area contributed by atoms with Crippen molar-refractivity contribution in [3.63, 3.8) is 0 Å². The average molecular weight is 227 g/mol. The molecule has 17 heavy (non-hydrogen) atoms. The summed E-state index contributed by atoms with van der Waals surface area (Å²) in [5, 5.41) is 18.3. The Hall–Kier alpha value is -1.62. The summed E-state index contributed by atoms with van der Waals surface area (Å²) in [5.74, 6) is 0. The third-order valence-electron chi connectivity index (χ3n) is 2.68. The van der Waals surface area contributed by atoms with E-state index < -0.39 is 7.12 Å². The number of hydrogen-bond donors (Lipinski definition) is 3. The van der Waals surface area contributed by atoms with Crippen LogP contribution in [0.3, 0.4) is 0 Å². The van der Waals surface area contributed by atoms with Crippen molar-refractivity contribution in [2.75, 3.05) is 0 Å². The van der Waals surface area contributed by atoms with Crippen molar-refractivity contribution in [3.8, 4) is 11.1 Å². The van der Waals surface area contributed by atoms with Crippen molar-refractivity contribution in [2.24, 2.45) is 5.73 Å². The maximum absolute atomic E-state index is 9.13. The van der Waals surface area contributed by atoms with E-state index >= 15 is 0 Å². The zero-order valence-electron chi connectivity index (χ0n) is 9.38. The summed E-state index contributed by atoms with van der Waals surface area (Å²) in [4.78, 5) is 0. The van der Waals surface area contributed by atoms with Gasteiger partial charge in [0.25, 0.3) is 0 Å². The van der Waals surface area contributed by atoms with E-state index in [2.05, 4.69) is 0 Å². The summed E-state index contributed by atoms with van der Waals surface area (Å²) in [7, 11) is -1.44. The molecule has 0 saturated heterocycles. The van der Waals surface area contributed by atoms with Crippen molar-refractivity contribution in [1.29, 1.82) is 0 Å². The van der Waals surface area contributed by atoms with Gasteiger partial charge in [-0.3, -0.25) is 0 Å². The van der Waals surface area contributed by atoms with Crippen LogP contribution < -0.4 is 11.2 Å². The number of benzene rings is 2. The van der Waals surface area contributed by atoms with Crippen LogP contribution in [0.15, 0.2) is 48.5 Å². The van der Waals surface area contributed by atoms with Crippen LogP contribution in [0.1, 0.15) is 5.56 Å². The molecule has 0 amide bonds. The third kappa shape index (κ3) is 2.74. The van der Waals surface area contributed by atoms with E-state index in [1.165, 1.54) is 0 Å². The first kappa shape index (κ1) is 11.9. The molecule has 2 aromatic carbocycles.